The molecule has 0 N–H and O–H groups in total. The number of hydrogen-bond donors (Lipinski definition) is 0. The fraction of sp³-hybridized carbons (Fsp3) is 0.292. The molecular weight excluding hydrogens is 371 g/mol. The molecule has 1 aliphatic rings. The van der Waals surface area contributed by atoms with Crippen LogP contribution in [0.4, 0.5) is 4.39 Å². The molecular formula is C24H25FO2S. The predicted octanol–water partition coefficient (Wildman–Crippen LogP) is 6.61. The summed E-state index contributed by atoms with van der Waals surface area (Å²) in [6.07, 6.45) is 4.27. The van der Waals surface area contributed by atoms with Gasteiger partial charge >= 0.3 is 5.97 Å². The van der Waals surface area contributed by atoms with Crippen molar-refractivity contribution in [1.82, 2.24) is 0 Å². The largest absolute Gasteiger partial charge is 0.460 e. The van der Waals surface area contributed by atoms with E-state index < -0.39 is 5.60 Å². The summed E-state index contributed by atoms with van der Waals surface area (Å²) >= 11 is 1.70. The van der Waals surface area contributed by atoms with Crippen LogP contribution in [0.15, 0.2) is 52.9 Å². The van der Waals surface area contributed by atoms with Gasteiger partial charge in [0.15, 0.2) is 0 Å². The van der Waals surface area contributed by atoms with Crippen LogP contribution in [0.2, 0.25) is 0 Å². The summed E-state index contributed by atoms with van der Waals surface area (Å²) < 4.78 is 19.4. The Balaban J connectivity index is 2.02. The third kappa shape index (κ3) is 4.56. The van der Waals surface area contributed by atoms with Crippen molar-refractivity contribution in [2.45, 2.75) is 44.6 Å². The molecule has 0 heterocycles. The van der Waals surface area contributed by atoms with Crippen molar-refractivity contribution in [3.05, 3.63) is 70.5 Å². The third-order valence-electron chi connectivity index (χ3n) is 4.62. The van der Waals surface area contributed by atoms with E-state index in [0.29, 0.717) is 0 Å². The van der Waals surface area contributed by atoms with Crippen molar-refractivity contribution in [1.29, 1.82) is 0 Å². The lowest BCUT2D eigenvalue weighted by Gasteiger charge is -2.20. The first kappa shape index (κ1) is 20.4. The van der Waals surface area contributed by atoms with Crippen LogP contribution < -0.4 is 0 Å². The first-order chi connectivity index (χ1) is 13.2. The second-order valence-corrected chi connectivity index (χ2v) is 8.77. The monoisotopic (exact) mass is 396 g/mol. The minimum Gasteiger partial charge on any atom is -0.460 e. The van der Waals surface area contributed by atoms with Gasteiger partial charge in [0, 0.05) is 4.90 Å². The Morgan fingerprint density at radius 3 is 2.39 bits per heavy atom. The number of fused-ring (bicyclic) bond motifs is 1. The summed E-state index contributed by atoms with van der Waals surface area (Å²) in [7, 11) is 0. The Kier molecular flexibility index (Phi) is 5.80. The highest BCUT2D eigenvalue weighted by Crippen LogP contribution is 2.44. The van der Waals surface area contributed by atoms with Crippen LogP contribution in [0.5, 0.6) is 0 Å². The van der Waals surface area contributed by atoms with E-state index in [0.717, 1.165) is 33.4 Å². The molecule has 28 heavy (non-hydrogen) atoms. The fourth-order valence-corrected chi connectivity index (χ4v) is 3.78. The van der Waals surface area contributed by atoms with Gasteiger partial charge in [0.2, 0.25) is 0 Å². The van der Waals surface area contributed by atoms with Gasteiger partial charge in [-0.2, -0.15) is 0 Å². The molecule has 0 bridgehead atoms. The highest BCUT2D eigenvalue weighted by atomic mass is 32.2. The maximum atomic E-state index is 13.9. The molecule has 0 radical (unpaired) electrons. The van der Waals surface area contributed by atoms with Gasteiger partial charge in [-0.15, -0.1) is 11.8 Å². The molecule has 0 amide bonds. The number of allylic oxidation sites excluding steroid dienone is 2. The third-order valence-corrected chi connectivity index (χ3v) is 5.37. The lowest BCUT2D eigenvalue weighted by atomic mass is 10.0. The highest BCUT2D eigenvalue weighted by molar-refractivity contribution is 7.98. The minimum absolute atomic E-state index is 0.127. The zero-order valence-corrected chi connectivity index (χ0v) is 17.7. The quantitative estimate of drug-likeness (QED) is 0.430. The number of esters is 1. The van der Waals surface area contributed by atoms with Crippen LogP contribution in [0, 0.1) is 5.82 Å². The van der Waals surface area contributed by atoms with E-state index in [1.165, 1.54) is 17.0 Å². The molecule has 1 aliphatic carbocycles. The van der Waals surface area contributed by atoms with Crippen LogP contribution >= 0.6 is 11.8 Å². The number of ether oxygens (including phenoxy) is 1. The minimum atomic E-state index is -0.549. The zero-order chi connectivity index (χ0) is 20.5. The summed E-state index contributed by atoms with van der Waals surface area (Å²) in [5, 5.41) is 0. The van der Waals surface area contributed by atoms with Crippen LogP contribution in [0.3, 0.4) is 0 Å². The lowest BCUT2D eigenvalue weighted by Crippen LogP contribution is -2.23. The average Bonchev–Trinajstić information content (AvgIpc) is 2.86. The molecule has 0 aliphatic heterocycles. The lowest BCUT2D eigenvalue weighted by molar-refractivity contribution is -0.153. The molecule has 0 fully saturated rings. The number of hydrogen-bond acceptors (Lipinski definition) is 3. The van der Waals surface area contributed by atoms with Gasteiger partial charge in [-0.1, -0.05) is 18.2 Å². The van der Waals surface area contributed by atoms with E-state index in [-0.39, 0.29) is 18.2 Å². The number of benzene rings is 2. The van der Waals surface area contributed by atoms with E-state index in [2.05, 4.69) is 30.3 Å². The molecule has 0 atom stereocenters. The van der Waals surface area contributed by atoms with Crippen LogP contribution in [0.1, 0.15) is 50.8 Å². The zero-order valence-electron chi connectivity index (χ0n) is 16.9. The molecule has 0 saturated carbocycles. The smallest absolute Gasteiger partial charge is 0.310 e. The van der Waals surface area contributed by atoms with Crippen molar-refractivity contribution in [2.24, 2.45) is 0 Å². The molecule has 146 valence electrons. The Morgan fingerprint density at radius 2 is 1.79 bits per heavy atom. The predicted molar refractivity (Wildman–Crippen MR) is 116 cm³/mol. The Bertz CT molecular complexity index is 963. The van der Waals surface area contributed by atoms with Gasteiger partial charge in [0.05, 0.1) is 6.42 Å². The van der Waals surface area contributed by atoms with Gasteiger partial charge in [-0.05, 0) is 97.7 Å². The number of rotatable bonds is 4. The van der Waals surface area contributed by atoms with E-state index in [4.69, 9.17) is 4.74 Å². The molecule has 0 unspecified atom stereocenters. The van der Waals surface area contributed by atoms with Crippen LogP contribution in [0.25, 0.3) is 17.2 Å². The summed E-state index contributed by atoms with van der Waals surface area (Å²) in [6.45, 7) is 7.52. The van der Waals surface area contributed by atoms with Gasteiger partial charge < -0.3 is 4.74 Å². The van der Waals surface area contributed by atoms with E-state index in [1.807, 2.05) is 34.0 Å². The molecule has 0 spiro atoms. The van der Waals surface area contributed by atoms with Gasteiger partial charge in [-0.25, -0.2) is 4.39 Å². The highest BCUT2D eigenvalue weighted by Gasteiger charge is 2.27. The Hall–Kier alpha value is -2.33. The van der Waals surface area contributed by atoms with E-state index in [9.17, 15) is 9.18 Å². The number of halogens is 1. The maximum absolute atomic E-state index is 13.9. The molecule has 0 aromatic heterocycles. The average molecular weight is 397 g/mol. The Morgan fingerprint density at radius 1 is 1.11 bits per heavy atom. The molecule has 4 heteroatoms. The van der Waals surface area contributed by atoms with E-state index in [1.54, 1.807) is 17.8 Å². The second-order valence-electron chi connectivity index (χ2n) is 7.89. The molecule has 2 aromatic rings. The first-order valence-corrected chi connectivity index (χ1v) is 10.5. The molecule has 0 saturated heterocycles. The standard InChI is InChI=1S/C24H25FO2S/c1-15-20(12-16-6-9-18(28-5)10-7-16)19-11-8-17(25)13-22(19)21(15)14-23(26)27-24(2,3)4/h6-13H,14H2,1-5H3/b20-12-. The van der Waals surface area contributed by atoms with E-state index >= 15 is 0 Å². The molecule has 3 rings (SSSR count). The van der Waals surface area contributed by atoms with Crippen LogP contribution in [-0.4, -0.2) is 17.8 Å². The summed E-state index contributed by atoms with van der Waals surface area (Å²) in [4.78, 5) is 13.6. The topological polar surface area (TPSA) is 26.3 Å². The normalized spacial score (nSPS) is 15.1. The number of thioether (sulfide) groups is 1. The summed E-state index contributed by atoms with van der Waals surface area (Å²) in [5.41, 5.74) is 5.08. The summed E-state index contributed by atoms with van der Waals surface area (Å²) in [6, 6.07) is 13.1. The number of carbonyl (C=O) groups is 1. The van der Waals surface area contributed by atoms with Crippen molar-refractivity contribution < 1.29 is 13.9 Å². The van der Waals surface area contributed by atoms with Crippen molar-refractivity contribution >= 4 is 35.0 Å². The molecule has 2 aromatic carbocycles. The fourth-order valence-electron chi connectivity index (χ4n) is 3.37. The van der Waals surface area contributed by atoms with Gasteiger partial charge in [0.25, 0.3) is 0 Å². The van der Waals surface area contributed by atoms with Crippen LogP contribution in [-0.2, 0) is 9.53 Å². The second kappa shape index (κ2) is 7.96. The van der Waals surface area contributed by atoms with Gasteiger partial charge in [0.1, 0.15) is 11.4 Å². The Labute approximate surface area is 170 Å². The van der Waals surface area contributed by atoms with Crippen molar-refractivity contribution in [2.75, 3.05) is 6.26 Å². The first-order valence-electron chi connectivity index (χ1n) is 9.26. The molecule has 2 nitrogen and oxygen atoms in total. The van der Waals surface area contributed by atoms with Gasteiger partial charge in [-0.3, -0.25) is 4.79 Å². The van der Waals surface area contributed by atoms with Crippen molar-refractivity contribution in [3.8, 4) is 0 Å². The number of carbonyl (C=O) groups excluding carboxylic acids is 1. The maximum Gasteiger partial charge on any atom is 0.310 e. The SMILES string of the molecule is CSc1ccc(/C=C2/C(C)=C(CC(=O)OC(C)(C)C)c3cc(F)ccc32)cc1. The summed E-state index contributed by atoms with van der Waals surface area (Å²) in [5.74, 6) is -0.610. The van der Waals surface area contributed by atoms with Crippen molar-refractivity contribution in [3.63, 3.8) is 0 Å².